The van der Waals surface area contributed by atoms with Crippen molar-refractivity contribution in [3.63, 3.8) is 0 Å². The van der Waals surface area contributed by atoms with E-state index in [-0.39, 0.29) is 18.1 Å². The highest BCUT2D eigenvalue weighted by molar-refractivity contribution is 5.86. The van der Waals surface area contributed by atoms with Crippen molar-refractivity contribution in [2.45, 2.75) is 12.8 Å². The van der Waals surface area contributed by atoms with Crippen LogP contribution >= 0.6 is 0 Å². The number of hydrogen-bond donors (Lipinski definition) is 1. The van der Waals surface area contributed by atoms with Gasteiger partial charge in [-0.15, -0.1) is 0 Å². The van der Waals surface area contributed by atoms with Gasteiger partial charge in [0.15, 0.2) is 0 Å². The Bertz CT molecular complexity index is 1050. The van der Waals surface area contributed by atoms with Crippen LogP contribution in [0.15, 0.2) is 59.4 Å². The number of hydrogen-bond acceptors (Lipinski definition) is 5. The second-order valence-electron chi connectivity index (χ2n) is 5.66. The number of amides is 1. The Hall–Kier alpha value is -3.55. The van der Waals surface area contributed by atoms with Gasteiger partial charge >= 0.3 is 0 Å². The molecule has 0 spiro atoms. The Labute approximate surface area is 147 Å². The molecule has 0 aliphatic rings. The predicted molar refractivity (Wildman–Crippen MR) is 92.1 cm³/mol. The van der Waals surface area contributed by atoms with E-state index in [0.717, 1.165) is 11.0 Å². The molecule has 7 nitrogen and oxygen atoms in total. The molecule has 0 unspecified atom stereocenters. The second-order valence-corrected chi connectivity index (χ2v) is 5.66. The van der Waals surface area contributed by atoms with Crippen LogP contribution in [-0.4, -0.2) is 25.7 Å². The van der Waals surface area contributed by atoms with Crippen LogP contribution < -0.4 is 5.43 Å². The summed E-state index contributed by atoms with van der Waals surface area (Å²) in [4.78, 5) is 20.6. The fraction of sp³-hybridized carbons (Fsp3) is 0.111. The Morgan fingerprint density at radius 3 is 2.81 bits per heavy atom. The molecule has 2 heterocycles. The predicted octanol–water partition coefficient (Wildman–Crippen LogP) is 2.93. The van der Waals surface area contributed by atoms with Crippen molar-refractivity contribution in [2.24, 2.45) is 0 Å². The maximum Gasteiger partial charge on any atom is 0.239 e. The van der Waals surface area contributed by atoms with Crippen LogP contribution in [0.25, 0.3) is 22.4 Å². The molecule has 4 aromatic rings. The number of aromatic nitrogens is 4. The first-order valence-corrected chi connectivity index (χ1v) is 7.99. The number of nitrogens with one attached hydrogen (secondary N) is 1. The van der Waals surface area contributed by atoms with Gasteiger partial charge in [-0.05, 0) is 36.4 Å². The van der Waals surface area contributed by atoms with Gasteiger partial charge in [0.2, 0.25) is 17.6 Å². The molecule has 0 bridgehead atoms. The average Bonchev–Trinajstić information content (AvgIpc) is 3.28. The van der Waals surface area contributed by atoms with Crippen LogP contribution in [0.4, 0.5) is 4.39 Å². The monoisotopic (exact) mass is 351 g/mol. The lowest BCUT2D eigenvalue weighted by molar-refractivity contribution is -0.117. The van der Waals surface area contributed by atoms with Crippen molar-refractivity contribution in [1.29, 1.82) is 0 Å². The summed E-state index contributed by atoms with van der Waals surface area (Å²) in [5, 5.41) is 3.86. The first-order chi connectivity index (χ1) is 12.7. The minimum atomic E-state index is -0.332. The zero-order chi connectivity index (χ0) is 17.9. The third-order valence-electron chi connectivity index (χ3n) is 3.84. The van der Waals surface area contributed by atoms with E-state index in [1.807, 2.05) is 24.3 Å². The van der Waals surface area contributed by atoms with Crippen molar-refractivity contribution in [2.75, 3.05) is 5.43 Å². The van der Waals surface area contributed by atoms with Crippen LogP contribution in [0.3, 0.4) is 0 Å². The smallest absolute Gasteiger partial charge is 0.239 e. The highest BCUT2D eigenvalue weighted by Crippen LogP contribution is 2.16. The van der Waals surface area contributed by atoms with Gasteiger partial charge in [-0.25, -0.2) is 14.1 Å². The largest absolute Gasteiger partial charge is 0.339 e. The molecular weight excluding hydrogens is 337 g/mol. The fourth-order valence-electron chi connectivity index (χ4n) is 2.53. The normalized spacial score (nSPS) is 11.0. The van der Waals surface area contributed by atoms with Gasteiger partial charge in [-0.1, -0.05) is 17.3 Å². The molecule has 1 amide bonds. The zero-order valence-electron chi connectivity index (χ0n) is 13.6. The van der Waals surface area contributed by atoms with Crippen LogP contribution in [0.2, 0.25) is 0 Å². The van der Waals surface area contributed by atoms with Crippen molar-refractivity contribution in [1.82, 2.24) is 19.8 Å². The summed E-state index contributed by atoms with van der Waals surface area (Å²) in [5.41, 5.74) is 5.03. The molecule has 0 saturated heterocycles. The Kier molecular flexibility index (Phi) is 4.14. The highest BCUT2D eigenvalue weighted by Gasteiger charge is 2.12. The van der Waals surface area contributed by atoms with Gasteiger partial charge < -0.3 is 4.52 Å². The summed E-state index contributed by atoms with van der Waals surface area (Å²) in [6.45, 7) is 0. The maximum atomic E-state index is 13.0. The molecule has 2 aromatic heterocycles. The van der Waals surface area contributed by atoms with Gasteiger partial charge in [0.05, 0.1) is 11.0 Å². The average molecular weight is 351 g/mol. The number of para-hydroxylation sites is 2. The third-order valence-corrected chi connectivity index (χ3v) is 3.84. The molecule has 0 saturated carbocycles. The zero-order valence-corrected chi connectivity index (χ0v) is 13.6. The highest BCUT2D eigenvalue weighted by atomic mass is 19.1. The van der Waals surface area contributed by atoms with Gasteiger partial charge in [-0.2, -0.15) is 4.98 Å². The third kappa shape index (κ3) is 3.30. The molecule has 0 aliphatic carbocycles. The van der Waals surface area contributed by atoms with Crippen molar-refractivity contribution >= 4 is 16.9 Å². The van der Waals surface area contributed by atoms with Crippen LogP contribution in [0.5, 0.6) is 0 Å². The summed E-state index contributed by atoms with van der Waals surface area (Å²) in [6, 6.07) is 13.3. The number of halogens is 1. The van der Waals surface area contributed by atoms with Gasteiger partial charge in [0, 0.05) is 18.4 Å². The molecule has 4 rings (SSSR count). The first-order valence-electron chi connectivity index (χ1n) is 7.99. The lowest BCUT2D eigenvalue weighted by Gasteiger charge is -2.05. The number of fused-ring (bicyclic) bond motifs is 1. The van der Waals surface area contributed by atoms with Crippen LogP contribution in [0.1, 0.15) is 12.3 Å². The Morgan fingerprint density at radius 2 is 1.96 bits per heavy atom. The topological polar surface area (TPSA) is 85.8 Å². The molecule has 0 aliphatic heterocycles. The number of carbonyl (C=O) groups excluding carboxylic acids is 1. The van der Waals surface area contributed by atoms with E-state index in [1.54, 1.807) is 23.1 Å². The van der Waals surface area contributed by atoms with E-state index >= 15 is 0 Å². The van der Waals surface area contributed by atoms with E-state index < -0.39 is 0 Å². The molecule has 1 N–H and O–H groups in total. The minimum Gasteiger partial charge on any atom is -0.339 e. The van der Waals surface area contributed by atoms with E-state index in [2.05, 4.69) is 20.6 Å². The molecule has 0 fully saturated rings. The number of imidazole rings is 1. The van der Waals surface area contributed by atoms with Gasteiger partial charge in [0.25, 0.3) is 0 Å². The van der Waals surface area contributed by atoms with E-state index in [0.29, 0.717) is 23.7 Å². The van der Waals surface area contributed by atoms with Crippen LogP contribution in [-0.2, 0) is 11.2 Å². The molecule has 26 heavy (non-hydrogen) atoms. The molecule has 8 heteroatoms. The summed E-state index contributed by atoms with van der Waals surface area (Å²) < 4.78 is 19.7. The van der Waals surface area contributed by atoms with E-state index in [9.17, 15) is 9.18 Å². The number of nitrogens with zero attached hydrogens (tertiary/aromatic N) is 4. The molecule has 0 radical (unpaired) electrons. The maximum absolute atomic E-state index is 13.0. The molecule has 0 atom stereocenters. The number of benzene rings is 2. The minimum absolute atomic E-state index is 0.178. The Morgan fingerprint density at radius 1 is 1.15 bits per heavy atom. The quantitative estimate of drug-likeness (QED) is 0.597. The standard InChI is InChI=1S/C18H14FN5O2/c19-13-7-5-12(6-8-13)18-21-17(26-23-18)10-9-16(25)22-24-11-20-14-3-1-2-4-15(14)24/h1-8,11H,9-10H2,(H,22,25). The van der Waals surface area contributed by atoms with Gasteiger partial charge in [-0.3, -0.25) is 10.2 Å². The number of rotatable bonds is 5. The number of carbonyl (C=O) groups is 1. The van der Waals surface area contributed by atoms with E-state index in [4.69, 9.17) is 4.52 Å². The number of aryl methyl sites for hydroxylation is 1. The Balaban J connectivity index is 1.38. The molecular formula is C18H14FN5O2. The van der Waals surface area contributed by atoms with Crippen LogP contribution in [0, 0.1) is 5.82 Å². The lowest BCUT2D eigenvalue weighted by Crippen LogP contribution is -2.22. The lowest BCUT2D eigenvalue weighted by atomic mass is 10.2. The summed E-state index contributed by atoms with van der Waals surface area (Å²) in [5.74, 6) is 0.173. The van der Waals surface area contributed by atoms with Crippen molar-refractivity contribution in [3.8, 4) is 11.4 Å². The summed E-state index contributed by atoms with van der Waals surface area (Å²) in [7, 11) is 0. The van der Waals surface area contributed by atoms with Gasteiger partial charge in [0.1, 0.15) is 12.1 Å². The molecule has 130 valence electrons. The van der Waals surface area contributed by atoms with Crippen molar-refractivity contribution < 1.29 is 13.7 Å². The first kappa shape index (κ1) is 15.9. The van der Waals surface area contributed by atoms with E-state index in [1.165, 1.54) is 12.1 Å². The second kappa shape index (κ2) is 6.75. The summed E-state index contributed by atoms with van der Waals surface area (Å²) >= 11 is 0. The van der Waals surface area contributed by atoms with Crippen molar-refractivity contribution in [3.05, 3.63) is 66.6 Å². The summed E-state index contributed by atoms with van der Waals surface area (Å²) in [6.07, 6.45) is 2.03. The fourth-order valence-corrected chi connectivity index (χ4v) is 2.53. The SMILES string of the molecule is O=C(CCc1nc(-c2ccc(F)cc2)no1)Nn1cnc2ccccc21. The molecule has 2 aromatic carbocycles.